The second-order valence-electron chi connectivity index (χ2n) is 6.58. The molecule has 4 heteroatoms. The van der Waals surface area contributed by atoms with Gasteiger partial charge in [-0.2, -0.15) is 5.10 Å². The number of aromatic nitrogens is 2. The molecule has 2 fully saturated rings. The molecule has 1 aliphatic heterocycles. The van der Waals surface area contributed by atoms with Gasteiger partial charge in [-0.1, -0.05) is 12.8 Å². The molecular formula is C16H27N3O. The van der Waals surface area contributed by atoms with E-state index in [4.69, 9.17) is 0 Å². The van der Waals surface area contributed by atoms with Crippen LogP contribution in [-0.4, -0.2) is 44.5 Å². The molecule has 0 radical (unpaired) electrons. The molecule has 20 heavy (non-hydrogen) atoms. The summed E-state index contributed by atoms with van der Waals surface area (Å²) in [4.78, 5) is 2.59. The van der Waals surface area contributed by atoms with Gasteiger partial charge in [0.15, 0.2) is 0 Å². The molecule has 2 heterocycles. The lowest BCUT2D eigenvalue weighted by Gasteiger charge is -2.42. The first-order chi connectivity index (χ1) is 9.71. The lowest BCUT2D eigenvalue weighted by Crippen LogP contribution is -2.54. The van der Waals surface area contributed by atoms with Gasteiger partial charge < -0.3 is 5.11 Å². The lowest BCUT2D eigenvalue weighted by atomic mass is 9.85. The van der Waals surface area contributed by atoms with Crippen molar-refractivity contribution < 1.29 is 5.11 Å². The van der Waals surface area contributed by atoms with E-state index in [0.717, 1.165) is 12.8 Å². The normalized spacial score (nSPS) is 24.3. The van der Waals surface area contributed by atoms with E-state index in [1.807, 2.05) is 17.9 Å². The Morgan fingerprint density at radius 2 is 1.95 bits per heavy atom. The third-order valence-electron chi connectivity index (χ3n) is 5.29. The zero-order valence-electron chi connectivity index (χ0n) is 12.6. The Balaban J connectivity index is 1.64. The molecule has 1 atom stereocenters. The van der Waals surface area contributed by atoms with Crippen molar-refractivity contribution in [3.63, 3.8) is 0 Å². The minimum Gasteiger partial charge on any atom is -0.391 e. The van der Waals surface area contributed by atoms with Crippen LogP contribution < -0.4 is 0 Å². The van der Waals surface area contributed by atoms with Crippen molar-refractivity contribution >= 4 is 0 Å². The Kier molecular flexibility index (Phi) is 4.13. The van der Waals surface area contributed by atoms with Crippen LogP contribution in [-0.2, 0) is 13.5 Å². The fraction of sp³-hybridized carbons (Fsp3) is 0.812. The van der Waals surface area contributed by atoms with E-state index >= 15 is 0 Å². The average molecular weight is 277 g/mol. The fourth-order valence-electron chi connectivity index (χ4n) is 4.18. The summed E-state index contributed by atoms with van der Waals surface area (Å²) in [6.07, 6.45) is 13.1. The highest BCUT2D eigenvalue weighted by Gasteiger charge is 2.45. The molecule has 3 rings (SSSR count). The number of aliphatic hydroxyl groups excluding tert-OH is 1. The largest absolute Gasteiger partial charge is 0.391 e. The second-order valence-corrected chi connectivity index (χ2v) is 6.58. The third-order valence-corrected chi connectivity index (χ3v) is 5.29. The minimum atomic E-state index is -0.191. The van der Waals surface area contributed by atoms with Gasteiger partial charge in [-0.3, -0.25) is 9.58 Å². The third kappa shape index (κ3) is 2.63. The summed E-state index contributed by atoms with van der Waals surface area (Å²) in [5, 5.41) is 15.1. The SMILES string of the molecule is Cn1cc(CCC(O)C2(N3CCCC3)CCCC2)cn1. The zero-order valence-corrected chi connectivity index (χ0v) is 12.6. The number of likely N-dealkylation sites (tertiary alicyclic amines) is 1. The van der Waals surface area contributed by atoms with E-state index in [1.165, 1.54) is 57.2 Å². The standard InChI is InChI=1S/C16H27N3O/c1-18-13-14(12-17-18)6-7-15(20)16(8-2-3-9-16)19-10-4-5-11-19/h12-13,15,20H,2-11H2,1H3. The summed E-state index contributed by atoms with van der Waals surface area (Å²) in [6, 6.07) is 0. The van der Waals surface area contributed by atoms with Gasteiger partial charge in [0.25, 0.3) is 0 Å². The Morgan fingerprint density at radius 3 is 2.55 bits per heavy atom. The number of aryl methyl sites for hydroxylation is 2. The Labute approximate surface area is 121 Å². The quantitative estimate of drug-likeness (QED) is 0.896. The molecule has 1 aromatic rings. The Bertz CT molecular complexity index is 431. The number of aliphatic hydroxyl groups is 1. The van der Waals surface area contributed by atoms with Crippen LogP contribution in [0.5, 0.6) is 0 Å². The first kappa shape index (κ1) is 14.1. The highest BCUT2D eigenvalue weighted by Crippen LogP contribution is 2.41. The zero-order chi connectivity index (χ0) is 14.0. The number of nitrogens with zero attached hydrogens (tertiary/aromatic N) is 3. The first-order valence-corrected chi connectivity index (χ1v) is 8.11. The minimum absolute atomic E-state index is 0.0821. The van der Waals surface area contributed by atoms with Crippen LogP contribution in [0.4, 0.5) is 0 Å². The molecule has 0 aromatic carbocycles. The van der Waals surface area contributed by atoms with Crippen LogP contribution in [0, 0.1) is 0 Å². The smallest absolute Gasteiger partial charge is 0.0727 e. The van der Waals surface area contributed by atoms with E-state index in [1.54, 1.807) is 0 Å². The van der Waals surface area contributed by atoms with Crippen LogP contribution in [0.1, 0.15) is 50.5 Å². The molecule has 0 amide bonds. The van der Waals surface area contributed by atoms with Crippen LogP contribution in [0.15, 0.2) is 12.4 Å². The highest BCUT2D eigenvalue weighted by atomic mass is 16.3. The maximum atomic E-state index is 10.9. The van der Waals surface area contributed by atoms with Gasteiger partial charge >= 0.3 is 0 Å². The molecule has 1 saturated heterocycles. The molecule has 1 aliphatic carbocycles. The van der Waals surface area contributed by atoms with Crippen LogP contribution in [0.25, 0.3) is 0 Å². The maximum absolute atomic E-state index is 10.9. The Morgan fingerprint density at radius 1 is 1.25 bits per heavy atom. The molecule has 1 N–H and O–H groups in total. The van der Waals surface area contributed by atoms with Gasteiger partial charge in [0.2, 0.25) is 0 Å². The molecule has 112 valence electrons. The number of hydrogen-bond donors (Lipinski definition) is 1. The van der Waals surface area contributed by atoms with Crippen LogP contribution >= 0.6 is 0 Å². The average Bonchev–Trinajstić information content (AvgIpc) is 3.17. The van der Waals surface area contributed by atoms with Gasteiger partial charge in [-0.05, 0) is 57.2 Å². The van der Waals surface area contributed by atoms with Gasteiger partial charge in [0.1, 0.15) is 0 Å². The predicted octanol–water partition coefficient (Wildman–Crippen LogP) is 2.12. The van der Waals surface area contributed by atoms with Crippen molar-refractivity contribution in [3.8, 4) is 0 Å². The molecule has 2 aliphatic rings. The topological polar surface area (TPSA) is 41.3 Å². The molecule has 1 saturated carbocycles. The Hall–Kier alpha value is -0.870. The lowest BCUT2D eigenvalue weighted by molar-refractivity contribution is -0.0217. The van der Waals surface area contributed by atoms with E-state index in [0.29, 0.717) is 0 Å². The van der Waals surface area contributed by atoms with E-state index in [2.05, 4.69) is 16.2 Å². The van der Waals surface area contributed by atoms with Gasteiger partial charge in [0.05, 0.1) is 12.3 Å². The highest BCUT2D eigenvalue weighted by molar-refractivity contribution is 5.07. The van der Waals surface area contributed by atoms with Crippen LogP contribution in [0.2, 0.25) is 0 Å². The van der Waals surface area contributed by atoms with Crippen LogP contribution in [0.3, 0.4) is 0 Å². The van der Waals surface area contributed by atoms with Gasteiger partial charge in [-0.15, -0.1) is 0 Å². The maximum Gasteiger partial charge on any atom is 0.0727 e. The van der Waals surface area contributed by atoms with Crippen molar-refractivity contribution in [2.24, 2.45) is 7.05 Å². The van der Waals surface area contributed by atoms with Crippen molar-refractivity contribution in [2.45, 2.75) is 63.0 Å². The summed E-state index contributed by atoms with van der Waals surface area (Å²) in [6.45, 7) is 2.37. The van der Waals surface area contributed by atoms with Crippen molar-refractivity contribution in [3.05, 3.63) is 18.0 Å². The molecule has 1 aromatic heterocycles. The fourth-order valence-corrected chi connectivity index (χ4v) is 4.18. The molecule has 0 bridgehead atoms. The molecule has 1 unspecified atom stereocenters. The van der Waals surface area contributed by atoms with E-state index in [9.17, 15) is 5.11 Å². The van der Waals surface area contributed by atoms with Crippen molar-refractivity contribution in [2.75, 3.05) is 13.1 Å². The number of hydrogen-bond acceptors (Lipinski definition) is 3. The van der Waals surface area contributed by atoms with Crippen molar-refractivity contribution in [1.29, 1.82) is 0 Å². The van der Waals surface area contributed by atoms with Gasteiger partial charge in [-0.25, -0.2) is 0 Å². The monoisotopic (exact) mass is 277 g/mol. The molecule has 4 nitrogen and oxygen atoms in total. The first-order valence-electron chi connectivity index (χ1n) is 8.11. The second kappa shape index (κ2) is 5.86. The molecule has 0 spiro atoms. The van der Waals surface area contributed by atoms with Crippen molar-refractivity contribution in [1.82, 2.24) is 14.7 Å². The van der Waals surface area contributed by atoms with Gasteiger partial charge in [0, 0.05) is 18.8 Å². The van der Waals surface area contributed by atoms with E-state index in [-0.39, 0.29) is 11.6 Å². The predicted molar refractivity (Wildman–Crippen MR) is 79.5 cm³/mol. The summed E-state index contributed by atoms with van der Waals surface area (Å²) in [5.41, 5.74) is 1.32. The summed E-state index contributed by atoms with van der Waals surface area (Å²) >= 11 is 0. The summed E-state index contributed by atoms with van der Waals surface area (Å²) in [5.74, 6) is 0. The summed E-state index contributed by atoms with van der Waals surface area (Å²) < 4.78 is 1.84. The molecular weight excluding hydrogens is 250 g/mol. The summed E-state index contributed by atoms with van der Waals surface area (Å²) in [7, 11) is 1.95. The number of rotatable bonds is 5. The van der Waals surface area contributed by atoms with E-state index < -0.39 is 0 Å².